The third kappa shape index (κ3) is 2.33. The number of imidazole rings is 1. The lowest BCUT2D eigenvalue weighted by Gasteiger charge is -2.03. The molecular weight excluding hydrogens is 306 g/mol. The number of halogens is 1. The monoisotopic (exact) mass is 317 g/mol. The molecule has 2 heterocycles. The highest BCUT2D eigenvalue weighted by atomic mass is 79.9. The molecule has 0 N–H and O–H groups in total. The van der Waals surface area contributed by atoms with Crippen molar-refractivity contribution in [1.82, 2.24) is 14.4 Å². The Morgan fingerprint density at radius 1 is 1.26 bits per heavy atom. The SMILES string of the molecule is COc1ccc(Cc2nc(Br)c3cnccn23)cc1. The predicted octanol–water partition coefficient (Wildman–Crippen LogP) is 3.09. The number of methoxy groups -OCH3 is 1. The summed E-state index contributed by atoms with van der Waals surface area (Å²) in [5.74, 6) is 1.84. The Balaban J connectivity index is 1.96. The second kappa shape index (κ2) is 5.01. The van der Waals surface area contributed by atoms with Crippen molar-refractivity contribution in [1.29, 1.82) is 0 Å². The van der Waals surface area contributed by atoms with Gasteiger partial charge >= 0.3 is 0 Å². The zero-order valence-corrected chi connectivity index (χ0v) is 12.0. The number of nitrogens with zero attached hydrogens (tertiary/aromatic N) is 3. The largest absolute Gasteiger partial charge is 0.497 e. The molecule has 0 atom stereocenters. The summed E-state index contributed by atoms with van der Waals surface area (Å²) in [6, 6.07) is 8.02. The second-order valence-electron chi connectivity index (χ2n) is 4.18. The van der Waals surface area contributed by atoms with E-state index in [1.807, 2.05) is 22.7 Å². The van der Waals surface area contributed by atoms with Gasteiger partial charge < -0.3 is 4.74 Å². The number of benzene rings is 1. The van der Waals surface area contributed by atoms with Crippen molar-refractivity contribution in [2.45, 2.75) is 6.42 Å². The molecule has 4 nitrogen and oxygen atoms in total. The van der Waals surface area contributed by atoms with Crippen LogP contribution < -0.4 is 4.74 Å². The lowest BCUT2D eigenvalue weighted by atomic mass is 10.1. The molecule has 0 aliphatic carbocycles. The molecule has 1 aromatic carbocycles. The van der Waals surface area contributed by atoms with Crippen LogP contribution in [0.4, 0.5) is 0 Å². The van der Waals surface area contributed by atoms with Gasteiger partial charge in [0, 0.05) is 18.8 Å². The maximum Gasteiger partial charge on any atom is 0.133 e. The van der Waals surface area contributed by atoms with E-state index in [0.717, 1.165) is 28.1 Å². The summed E-state index contributed by atoms with van der Waals surface area (Å²) in [5.41, 5.74) is 2.17. The number of hydrogen-bond acceptors (Lipinski definition) is 3. The van der Waals surface area contributed by atoms with E-state index in [9.17, 15) is 0 Å². The highest BCUT2D eigenvalue weighted by Crippen LogP contribution is 2.20. The van der Waals surface area contributed by atoms with Gasteiger partial charge in [-0.25, -0.2) is 4.98 Å². The Labute approximate surface area is 119 Å². The van der Waals surface area contributed by atoms with Gasteiger partial charge in [-0.15, -0.1) is 0 Å². The summed E-state index contributed by atoms with van der Waals surface area (Å²) in [6.07, 6.45) is 6.25. The molecule has 0 saturated heterocycles. The first-order valence-electron chi connectivity index (χ1n) is 5.87. The zero-order chi connectivity index (χ0) is 13.2. The smallest absolute Gasteiger partial charge is 0.133 e. The minimum absolute atomic E-state index is 0.765. The molecule has 5 heteroatoms. The van der Waals surface area contributed by atoms with Crippen LogP contribution in [-0.2, 0) is 6.42 Å². The maximum absolute atomic E-state index is 5.16. The Hall–Kier alpha value is -1.88. The average molecular weight is 318 g/mol. The summed E-state index contributed by atoms with van der Waals surface area (Å²) in [4.78, 5) is 8.65. The molecule has 3 rings (SSSR count). The highest BCUT2D eigenvalue weighted by Gasteiger charge is 2.09. The van der Waals surface area contributed by atoms with Gasteiger partial charge in [-0.3, -0.25) is 9.38 Å². The van der Waals surface area contributed by atoms with Crippen LogP contribution in [0.1, 0.15) is 11.4 Å². The van der Waals surface area contributed by atoms with Crippen LogP contribution in [0.15, 0.2) is 47.5 Å². The van der Waals surface area contributed by atoms with Gasteiger partial charge in [0.1, 0.15) is 16.2 Å². The molecule has 0 unspecified atom stereocenters. The number of fused-ring (bicyclic) bond motifs is 1. The number of aromatic nitrogens is 3. The summed E-state index contributed by atoms with van der Waals surface area (Å²) in [6.45, 7) is 0. The van der Waals surface area contributed by atoms with Gasteiger partial charge in [0.05, 0.1) is 18.8 Å². The summed E-state index contributed by atoms with van der Waals surface area (Å²) in [7, 11) is 1.67. The third-order valence-corrected chi connectivity index (χ3v) is 3.58. The molecular formula is C14H12BrN3O. The predicted molar refractivity (Wildman–Crippen MR) is 76.5 cm³/mol. The van der Waals surface area contributed by atoms with Crippen LogP contribution in [0.3, 0.4) is 0 Å². The molecule has 0 fully saturated rings. The first-order chi connectivity index (χ1) is 9.28. The van der Waals surface area contributed by atoms with Crippen molar-refractivity contribution in [2.75, 3.05) is 7.11 Å². The average Bonchev–Trinajstić information content (AvgIpc) is 2.77. The fourth-order valence-electron chi connectivity index (χ4n) is 2.01. The number of ether oxygens (including phenoxy) is 1. The molecule has 0 bridgehead atoms. The van der Waals surface area contributed by atoms with Crippen LogP contribution in [0, 0.1) is 0 Å². The highest BCUT2D eigenvalue weighted by molar-refractivity contribution is 9.10. The molecule has 2 aromatic heterocycles. The van der Waals surface area contributed by atoms with Crippen molar-refractivity contribution in [3.8, 4) is 5.75 Å². The number of rotatable bonds is 3. The molecule has 0 aliphatic rings. The number of hydrogen-bond donors (Lipinski definition) is 0. The lowest BCUT2D eigenvalue weighted by Crippen LogP contribution is -1.96. The Kier molecular flexibility index (Phi) is 3.21. The Morgan fingerprint density at radius 3 is 2.79 bits per heavy atom. The molecule has 0 saturated carbocycles. The van der Waals surface area contributed by atoms with Gasteiger partial charge in [-0.1, -0.05) is 12.1 Å². The molecule has 19 heavy (non-hydrogen) atoms. The first kappa shape index (κ1) is 12.2. The van der Waals surface area contributed by atoms with Gasteiger partial charge in [-0.2, -0.15) is 0 Å². The summed E-state index contributed by atoms with van der Waals surface area (Å²) < 4.78 is 8.02. The Bertz CT molecular complexity index is 706. The van der Waals surface area contributed by atoms with E-state index < -0.39 is 0 Å². The van der Waals surface area contributed by atoms with E-state index in [1.165, 1.54) is 5.56 Å². The minimum Gasteiger partial charge on any atom is -0.497 e. The quantitative estimate of drug-likeness (QED) is 0.745. The van der Waals surface area contributed by atoms with Crippen molar-refractivity contribution >= 4 is 21.4 Å². The molecule has 0 radical (unpaired) electrons. The molecule has 0 amide bonds. The molecule has 0 aliphatic heterocycles. The second-order valence-corrected chi connectivity index (χ2v) is 4.93. The van der Waals surface area contributed by atoms with Gasteiger partial charge in [0.25, 0.3) is 0 Å². The van der Waals surface area contributed by atoms with E-state index >= 15 is 0 Å². The van der Waals surface area contributed by atoms with Crippen molar-refractivity contribution < 1.29 is 4.74 Å². The zero-order valence-electron chi connectivity index (χ0n) is 10.4. The molecule has 0 spiro atoms. The summed E-state index contributed by atoms with van der Waals surface area (Å²) in [5, 5.41) is 0. The topological polar surface area (TPSA) is 39.4 Å². The normalized spacial score (nSPS) is 10.8. The van der Waals surface area contributed by atoms with Gasteiger partial charge in [0.15, 0.2) is 0 Å². The van der Waals surface area contributed by atoms with E-state index in [1.54, 1.807) is 19.5 Å². The molecule has 96 valence electrons. The fourth-order valence-corrected chi connectivity index (χ4v) is 2.51. The maximum atomic E-state index is 5.16. The standard InChI is InChI=1S/C14H12BrN3O/c1-19-11-4-2-10(3-5-11)8-13-17-14(15)12-9-16-6-7-18(12)13/h2-7,9H,8H2,1H3. The van der Waals surface area contributed by atoms with Crippen molar-refractivity contribution in [3.63, 3.8) is 0 Å². The van der Waals surface area contributed by atoms with Crippen LogP contribution in [0.25, 0.3) is 5.52 Å². The van der Waals surface area contributed by atoms with Crippen molar-refractivity contribution in [2.24, 2.45) is 0 Å². The van der Waals surface area contributed by atoms with Crippen molar-refractivity contribution in [3.05, 3.63) is 58.8 Å². The van der Waals surface area contributed by atoms with Gasteiger partial charge in [-0.05, 0) is 33.6 Å². The van der Waals surface area contributed by atoms with E-state index in [4.69, 9.17) is 4.74 Å². The van der Waals surface area contributed by atoms with Crippen LogP contribution in [0.5, 0.6) is 5.75 Å². The Morgan fingerprint density at radius 2 is 2.05 bits per heavy atom. The van der Waals surface area contributed by atoms with Crippen LogP contribution in [-0.4, -0.2) is 21.5 Å². The third-order valence-electron chi connectivity index (χ3n) is 3.00. The van der Waals surface area contributed by atoms with Gasteiger partial charge in [0.2, 0.25) is 0 Å². The van der Waals surface area contributed by atoms with Crippen LogP contribution >= 0.6 is 15.9 Å². The van der Waals surface area contributed by atoms with E-state index in [2.05, 4.69) is 38.0 Å². The lowest BCUT2D eigenvalue weighted by molar-refractivity contribution is 0.414. The fraction of sp³-hybridized carbons (Fsp3) is 0.143. The van der Waals surface area contributed by atoms with Crippen LogP contribution in [0.2, 0.25) is 0 Å². The van der Waals surface area contributed by atoms with E-state index in [0.29, 0.717) is 0 Å². The van der Waals surface area contributed by atoms with E-state index in [-0.39, 0.29) is 0 Å². The molecule has 3 aromatic rings. The first-order valence-corrected chi connectivity index (χ1v) is 6.66. The summed E-state index contributed by atoms with van der Waals surface area (Å²) >= 11 is 3.46. The minimum atomic E-state index is 0.765.